The van der Waals surface area contributed by atoms with Crippen molar-refractivity contribution in [3.63, 3.8) is 0 Å². The van der Waals surface area contributed by atoms with Gasteiger partial charge in [-0.05, 0) is 73.1 Å². The van der Waals surface area contributed by atoms with E-state index < -0.39 is 216 Å². The predicted octanol–water partition coefficient (Wildman–Crippen LogP) is 10.9. The fourth-order valence-corrected chi connectivity index (χ4v) is 4.69. The summed E-state index contributed by atoms with van der Waals surface area (Å²) in [5.41, 5.74) is -4.65. The second-order valence-corrected chi connectivity index (χ2v) is 8.34. The van der Waals surface area contributed by atoms with Crippen molar-refractivity contribution in [3.8, 4) is 33.4 Å². The summed E-state index contributed by atoms with van der Waals surface area (Å²) in [6.07, 6.45) is 0. The van der Waals surface area contributed by atoms with E-state index in [2.05, 4.69) is 0 Å². The first kappa shape index (κ1) is 8.97. The summed E-state index contributed by atoms with van der Waals surface area (Å²) >= 11 is 0. The van der Waals surface area contributed by atoms with E-state index in [0.29, 0.717) is 0 Å². The third-order valence-corrected chi connectivity index (χ3v) is 6.27. The summed E-state index contributed by atoms with van der Waals surface area (Å²) in [6, 6.07) is -18.3. The lowest BCUT2D eigenvalue weighted by molar-refractivity contribution is 0.669. The Balaban J connectivity index is 1.77. The van der Waals surface area contributed by atoms with E-state index in [1.54, 1.807) is 0 Å². The topological polar surface area (TPSA) is 13.1 Å². The highest BCUT2D eigenvalue weighted by molar-refractivity contribution is 6.25. The maximum Gasteiger partial charge on any atom is 0.136 e. The van der Waals surface area contributed by atoms with Crippen molar-refractivity contribution in [3.05, 3.63) is 145 Å². The van der Waals surface area contributed by atoms with Gasteiger partial charge >= 0.3 is 0 Å². The summed E-state index contributed by atoms with van der Waals surface area (Å²) in [7, 11) is 0. The molecule has 8 rings (SSSR count). The molecule has 0 saturated carbocycles. The molecule has 0 spiro atoms. The maximum atomic E-state index is 9.49. The van der Waals surface area contributed by atoms with Crippen molar-refractivity contribution >= 4 is 43.5 Å². The molecular weight excluding hydrogens is 472 g/mol. The molecule has 7 aromatic carbocycles. The zero-order chi connectivity index (χ0) is 45.8. The van der Waals surface area contributed by atoms with Crippen LogP contribution in [0.1, 0.15) is 31.5 Å². The van der Waals surface area contributed by atoms with Gasteiger partial charge in [0, 0.05) is 10.8 Å². The lowest BCUT2D eigenvalue weighted by Crippen LogP contribution is -1.91. The molecule has 0 saturated heterocycles. The van der Waals surface area contributed by atoms with Gasteiger partial charge in [0.2, 0.25) is 0 Å². The minimum Gasteiger partial charge on any atom is -0.456 e. The highest BCUT2D eigenvalue weighted by Gasteiger charge is 2.20. The molecule has 0 bridgehead atoms. The van der Waals surface area contributed by atoms with Crippen LogP contribution >= 0.6 is 0 Å². The van der Waals surface area contributed by atoms with E-state index in [1.165, 1.54) is 0 Å². The first-order chi connectivity index (χ1) is 28.9. The SMILES string of the molecule is [2H]c1cc(-c2c([2H])c([2H])c3oc4c([2H])c([2H])c([2H])c(-c5c6c([2H])c([2H])c([2H])c([2H])c6c(-c6c([2H])c([2H])c([2H])c([2H])c6[2H])c6c([2H])c([2H])c([2H])c([2H])c56)c4c3c2[2H])c([2H])c([2H])c1[2H]. The van der Waals surface area contributed by atoms with E-state index >= 15 is 0 Å². The first-order valence-electron chi connectivity index (χ1n) is 23.0. The van der Waals surface area contributed by atoms with Crippen LogP contribution in [0.2, 0.25) is 0 Å². The van der Waals surface area contributed by atoms with Crippen LogP contribution in [0.4, 0.5) is 0 Å². The Morgan fingerprint density at radius 3 is 1.74 bits per heavy atom. The molecule has 1 aromatic heterocycles. The normalized spacial score (nSPS) is 19.8. The van der Waals surface area contributed by atoms with E-state index in [1.807, 2.05) is 0 Å². The highest BCUT2D eigenvalue weighted by atomic mass is 16.3. The average molecular weight is 520 g/mol. The van der Waals surface area contributed by atoms with Crippen LogP contribution in [-0.2, 0) is 0 Å². The van der Waals surface area contributed by atoms with Crippen LogP contribution < -0.4 is 0 Å². The molecule has 0 aliphatic carbocycles. The standard InChI is InChI=1S/C38H24O/c1-3-12-25(13-4-1)27-22-23-34-33(24-27)38-32(20-11-21-35(38)39-34)37-30-18-9-7-16-28(30)36(26-14-5-2-6-15-26)29-17-8-10-19-31(29)37/h1-24H/i1D,2D,3D,4D,5D,6D,7D,8D,9D,10D,11D,12D,14D,15D,16D,17D,18D,19D,20D,21D,22D,23D,24D. The van der Waals surface area contributed by atoms with E-state index in [0.717, 1.165) is 6.07 Å². The quantitative estimate of drug-likeness (QED) is 0.212. The molecule has 182 valence electrons. The Labute approximate surface area is 258 Å². The van der Waals surface area contributed by atoms with Gasteiger partial charge in [-0.3, -0.25) is 0 Å². The van der Waals surface area contributed by atoms with Crippen molar-refractivity contribution in [2.75, 3.05) is 0 Å². The number of furan rings is 1. The Morgan fingerprint density at radius 1 is 0.410 bits per heavy atom. The highest BCUT2D eigenvalue weighted by Crippen LogP contribution is 2.47. The molecule has 8 aromatic rings. The minimum atomic E-state index is -0.923. The molecule has 0 fully saturated rings. The van der Waals surface area contributed by atoms with E-state index in [9.17, 15) is 8.22 Å². The van der Waals surface area contributed by atoms with Crippen LogP contribution in [0.25, 0.3) is 76.9 Å². The molecule has 0 radical (unpaired) electrons. The van der Waals surface area contributed by atoms with Crippen molar-refractivity contribution in [2.45, 2.75) is 0 Å². The van der Waals surface area contributed by atoms with Crippen LogP contribution in [0.5, 0.6) is 0 Å². The Hall–Kier alpha value is -5.14. The Kier molecular flexibility index (Phi) is 2.00. The molecule has 39 heavy (non-hydrogen) atoms. The molecule has 0 atom stereocenters. The summed E-state index contributed by atoms with van der Waals surface area (Å²) < 4.78 is 209. The van der Waals surface area contributed by atoms with Crippen molar-refractivity contribution in [1.29, 1.82) is 0 Å². The van der Waals surface area contributed by atoms with E-state index in [4.69, 9.17) is 27.7 Å². The van der Waals surface area contributed by atoms with Gasteiger partial charge in [0.15, 0.2) is 0 Å². The van der Waals surface area contributed by atoms with E-state index in [-0.39, 0.29) is 0 Å². The Bertz CT molecular complexity index is 3330. The lowest BCUT2D eigenvalue weighted by atomic mass is 9.85. The van der Waals surface area contributed by atoms with Gasteiger partial charge in [-0.25, -0.2) is 0 Å². The zero-order valence-corrected chi connectivity index (χ0v) is 19.5. The second-order valence-electron chi connectivity index (χ2n) is 8.34. The number of fused-ring (bicyclic) bond motifs is 5. The summed E-state index contributed by atoms with van der Waals surface area (Å²) in [6.45, 7) is 0. The summed E-state index contributed by atoms with van der Waals surface area (Å²) in [4.78, 5) is 0. The number of hydrogen-bond acceptors (Lipinski definition) is 1. The van der Waals surface area contributed by atoms with Crippen molar-refractivity contribution < 1.29 is 35.9 Å². The molecule has 1 heterocycles. The van der Waals surface area contributed by atoms with Crippen molar-refractivity contribution in [2.24, 2.45) is 0 Å². The van der Waals surface area contributed by atoms with Crippen LogP contribution in [0.3, 0.4) is 0 Å². The molecular formula is C38H24O. The van der Waals surface area contributed by atoms with Gasteiger partial charge in [-0.1, -0.05) is 127 Å². The zero-order valence-electron chi connectivity index (χ0n) is 42.5. The average Bonchev–Trinajstić information content (AvgIpc) is 3.65. The summed E-state index contributed by atoms with van der Waals surface area (Å²) in [5.74, 6) is 0. The van der Waals surface area contributed by atoms with Crippen LogP contribution in [0.15, 0.2) is 149 Å². The molecule has 1 nitrogen and oxygen atoms in total. The molecule has 0 aliphatic rings. The predicted molar refractivity (Wildman–Crippen MR) is 165 cm³/mol. The monoisotopic (exact) mass is 519 g/mol. The molecule has 0 amide bonds. The van der Waals surface area contributed by atoms with Gasteiger partial charge in [-0.2, -0.15) is 0 Å². The lowest BCUT2D eigenvalue weighted by Gasteiger charge is -2.18. The van der Waals surface area contributed by atoms with Crippen LogP contribution in [-0.4, -0.2) is 0 Å². The molecule has 0 N–H and O–H groups in total. The fourth-order valence-electron chi connectivity index (χ4n) is 4.69. The fraction of sp³-hybridized carbons (Fsp3) is 0. The number of benzene rings is 7. The van der Waals surface area contributed by atoms with Crippen LogP contribution in [0, 0.1) is 0 Å². The van der Waals surface area contributed by atoms with Gasteiger partial charge in [0.05, 0.1) is 31.5 Å². The van der Waals surface area contributed by atoms with Gasteiger partial charge < -0.3 is 4.42 Å². The maximum absolute atomic E-state index is 9.49. The third-order valence-electron chi connectivity index (χ3n) is 6.27. The molecule has 0 unspecified atom stereocenters. The first-order valence-corrected chi connectivity index (χ1v) is 11.5. The summed E-state index contributed by atoms with van der Waals surface area (Å²) in [5, 5.41) is -3.49. The second kappa shape index (κ2) is 8.72. The van der Waals surface area contributed by atoms with Gasteiger partial charge in [-0.15, -0.1) is 0 Å². The minimum absolute atomic E-state index is 0.395. The Morgan fingerprint density at radius 2 is 1.03 bits per heavy atom. The van der Waals surface area contributed by atoms with Crippen molar-refractivity contribution in [1.82, 2.24) is 0 Å². The third kappa shape index (κ3) is 3.41. The number of rotatable bonds is 3. The smallest absolute Gasteiger partial charge is 0.136 e. The van der Waals surface area contributed by atoms with Gasteiger partial charge in [0.25, 0.3) is 0 Å². The molecule has 0 aliphatic heterocycles. The van der Waals surface area contributed by atoms with Gasteiger partial charge in [0.1, 0.15) is 11.2 Å². The number of hydrogen-bond donors (Lipinski definition) is 0. The molecule has 1 heteroatoms. The largest absolute Gasteiger partial charge is 0.456 e.